The van der Waals surface area contributed by atoms with E-state index in [9.17, 15) is 14.4 Å². The molecule has 59 heavy (non-hydrogen) atoms. The predicted molar refractivity (Wildman–Crippen MR) is 252 cm³/mol. The molecule has 0 N–H and O–H groups in total. The SMILES string of the molecule is CCCCCCCC/C=C/CCCCCCCC(=O)OC(COC(=O)CCCCCCCCCCCCCCC)COC(=O)CCCCCCCCCCCCCCC. The lowest BCUT2D eigenvalue weighted by molar-refractivity contribution is -0.167. The molecule has 0 aliphatic carbocycles. The number of hydrogen-bond donors (Lipinski definition) is 0. The van der Waals surface area contributed by atoms with Crippen molar-refractivity contribution in [2.75, 3.05) is 13.2 Å². The van der Waals surface area contributed by atoms with Gasteiger partial charge in [0, 0.05) is 19.3 Å². The standard InChI is InChI=1S/C53H100O6/c1-4-7-10-13-16-19-22-25-26-29-32-35-38-41-44-47-53(56)59-50(48-57-51(54)45-42-39-36-33-30-27-23-20-17-14-11-8-5-2)49-58-52(55)46-43-40-37-34-31-28-24-21-18-15-12-9-6-3/h25-26,50H,4-24,27-49H2,1-3H3/b26-25+. The largest absolute Gasteiger partial charge is 0.462 e. The van der Waals surface area contributed by atoms with Gasteiger partial charge >= 0.3 is 17.9 Å². The Morgan fingerprint density at radius 3 is 0.847 bits per heavy atom. The van der Waals surface area contributed by atoms with Crippen LogP contribution in [0, 0.1) is 0 Å². The third-order valence-corrected chi connectivity index (χ3v) is 11.8. The fraction of sp³-hybridized carbons (Fsp3) is 0.906. The molecule has 0 amide bonds. The van der Waals surface area contributed by atoms with Gasteiger partial charge in [-0.2, -0.15) is 0 Å². The second-order valence-corrected chi connectivity index (χ2v) is 17.8. The van der Waals surface area contributed by atoms with Crippen LogP contribution >= 0.6 is 0 Å². The van der Waals surface area contributed by atoms with Crippen molar-refractivity contribution in [2.45, 2.75) is 297 Å². The summed E-state index contributed by atoms with van der Waals surface area (Å²) in [6.45, 7) is 6.66. The molecule has 0 atom stereocenters. The zero-order valence-electron chi connectivity index (χ0n) is 39.8. The smallest absolute Gasteiger partial charge is 0.306 e. The number of unbranched alkanes of at least 4 members (excludes halogenated alkanes) is 35. The minimum absolute atomic E-state index is 0.0680. The van der Waals surface area contributed by atoms with Crippen LogP contribution in [0.2, 0.25) is 0 Å². The van der Waals surface area contributed by atoms with Crippen molar-refractivity contribution >= 4 is 17.9 Å². The molecule has 0 radical (unpaired) electrons. The van der Waals surface area contributed by atoms with Gasteiger partial charge in [0.2, 0.25) is 0 Å². The van der Waals surface area contributed by atoms with Gasteiger partial charge in [-0.05, 0) is 44.9 Å². The lowest BCUT2D eigenvalue weighted by Gasteiger charge is -2.18. The summed E-state index contributed by atoms with van der Waals surface area (Å²) in [5.74, 6) is -0.859. The predicted octanol–water partition coefficient (Wildman–Crippen LogP) is 17.0. The number of hydrogen-bond acceptors (Lipinski definition) is 6. The fourth-order valence-corrected chi connectivity index (χ4v) is 7.79. The lowest BCUT2D eigenvalue weighted by atomic mass is 10.0. The molecule has 6 nitrogen and oxygen atoms in total. The van der Waals surface area contributed by atoms with E-state index in [0.717, 1.165) is 64.2 Å². The van der Waals surface area contributed by atoms with Crippen LogP contribution in [0.4, 0.5) is 0 Å². The van der Waals surface area contributed by atoms with Gasteiger partial charge in [0.15, 0.2) is 6.10 Å². The van der Waals surface area contributed by atoms with E-state index in [1.807, 2.05) is 0 Å². The number of rotatable bonds is 48. The molecule has 0 spiro atoms. The first kappa shape index (κ1) is 57.1. The Kier molecular flexibility index (Phi) is 47.3. The highest BCUT2D eigenvalue weighted by Gasteiger charge is 2.19. The van der Waals surface area contributed by atoms with E-state index in [1.54, 1.807) is 0 Å². The molecule has 0 rings (SSSR count). The first-order chi connectivity index (χ1) is 29.0. The summed E-state index contributed by atoms with van der Waals surface area (Å²) in [7, 11) is 0. The van der Waals surface area contributed by atoms with E-state index in [1.165, 1.54) is 186 Å². The summed E-state index contributed by atoms with van der Waals surface area (Å²) in [6.07, 6.45) is 53.3. The average molecular weight is 833 g/mol. The second-order valence-electron chi connectivity index (χ2n) is 17.8. The molecule has 0 saturated heterocycles. The van der Waals surface area contributed by atoms with Crippen LogP contribution < -0.4 is 0 Å². The highest BCUT2D eigenvalue weighted by molar-refractivity contribution is 5.71. The maximum atomic E-state index is 12.8. The summed E-state index contributed by atoms with van der Waals surface area (Å²) in [5.41, 5.74) is 0. The quantitative estimate of drug-likeness (QED) is 0.0263. The van der Waals surface area contributed by atoms with Crippen LogP contribution in [0.3, 0.4) is 0 Å². The Balaban J connectivity index is 4.34. The molecule has 0 fully saturated rings. The highest BCUT2D eigenvalue weighted by Crippen LogP contribution is 2.16. The van der Waals surface area contributed by atoms with Crippen LogP contribution in [-0.4, -0.2) is 37.2 Å². The molecule has 0 aromatic carbocycles. The number of carbonyl (C=O) groups is 3. The van der Waals surface area contributed by atoms with Gasteiger partial charge in [-0.25, -0.2) is 0 Å². The van der Waals surface area contributed by atoms with Crippen LogP contribution in [0.25, 0.3) is 0 Å². The van der Waals surface area contributed by atoms with Crippen molar-refractivity contribution in [3.05, 3.63) is 12.2 Å². The van der Waals surface area contributed by atoms with Crippen molar-refractivity contribution in [3.8, 4) is 0 Å². The second kappa shape index (κ2) is 48.8. The van der Waals surface area contributed by atoms with Crippen molar-refractivity contribution in [2.24, 2.45) is 0 Å². The molecule has 0 unspecified atom stereocenters. The first-order valence-corrected chi connectivity index (χ1v) is 26.2. The number of esters is 3. The van der Waals surface area contributed by atoms with Gasteiger partial charge in [0.1, 0.15) is 13.2 Å². The third-order valence-electron chi connectivity index (χ3n) is 11.8. The Bertz CT molecular complexity index is 870. The van der Waals surface area contributed by atoms with E-state index < -0.39 is 6.10 Å². The summed E-state index contributed by atoms with van der Waals surface area (Å²) < 4.78 is 16.8. The third kappa shape index (κ3) is 47.1. The van der Waals surface area contributed by atoms with Crippen LogP contribution in [-0.2, 0) is 28.6 Å². The van der Waals surface area contributed by atoms with Gasteiger partial charge < -0.3 is 14.2 Å². The van der Waals surface area contributed by atoms with Crippen LogP contribution in [0.5, 0.6) is 0 Å². The lowest BCUT2D eigenvalue weighted by Crippen LogP contribution is -2.30. The van der Waals surface area contributed by atoms with Crippen molar-refractivity contribution in [3.63, 3.8) is 0 Å². The Morgan fingerprint density at radius 2 is 0.559 bits per heavy atom. The van der Waals surface area contributed by atoms with Crippen molar-refractivity contribution in [1.82, 2.24) is 0 Å². The average Bonchev–Trinajstić information content (AvgIpc) is 3.23. The topological polar surface area (TPSA) is 78.9 Å². The molecule has 348 valence electrons. The van der Waals surface area contributed by atoms with E-state index in [2.05, 4.69) is 32.9 Å². The normalized spacial score (nSPS) is 11.5. The molecular weight excluding hydrogens is 733 g/mol. The molecule has 0 aromatic rings. The van der Waals surface area contributed by atoms with E-state index in [0.29, 0.717) is 19.3 Å². The first-order valence-electron chi connectivity index (χ1n) is 26.2. The Hall–Kier alpha value is -1.85. The molecule has 0 saturated carbocycles. The molecule has 0 aromatic heterocycles. The zero-order chi connectivity index (χ0) is 43.0. The zero-order valence-corrected chi connectivity index (χ0v) is 39.8. The highest BCUT2D eigenvalue weighted by atomic mass is 16.6. The number of carbonyl (C=O) groups excluding carboxylic acids is 3. The molecule has 6 heteroatoms. The van der Waals surface area contributed by atoms with Crippen LogP contribution in [0.1, 0.15) is 290 Å². The van der Waals surface area contributed by atoms with Crippen molar-refractivity contribution in [1.29, 1.82) is 0 Å². The van der Waals surface area contributed by atoms with E-state index in [-0.39, 0.29) is 31.1 Å². The van der Waals surface area contributed by atoms with E-state index >= 15 is 0 Å². The number of ether oxygens (including phenoxy) is 3. The summed E-state index contributed by atoms with van der Waals surface area (Å²) in [4.78, 5) is 37.9. The molecular formula is C53H100O6. The van der Waals surface area contributed by atoms with Crippen molar-refractivity contribution < 1.29 is 28.6 Å². The minimum atomic E-state index is -0.767. The number of allylic oxidation sites excluding steroid dienone is 2. The summed E-state index contributed by atoms with van der Waals surface area (Å²) in [5, 5.41) is 0. The molecule has 0 bridgehead atoms. The van der Waals surface area contributed by atoms with Gasteiger partial charge in [0.25, 0.3) is 0 Å². The van der Waals surface area contributed by atoms with Gasteiger partial charge in [0.05, 0.1) is 0 Å². The van der Waals surface area contributed by atoms with E-state index in [4.69, 9.17) is 14.2 Å². The Labute approximate surface area is 367 Å². The van der Waals surface area contributed by atoms with Gasteiger partial charge in [-0.1, -0.05) is 238 Å². The summed E-state index contributed by atoms with van der Waals surface area (Å²) in [6, 6.07) is 0. The monoisotopic (exact) mass is 833 g/mol. The maximum Gasteiger partial charge on any atom is 0.306 e. The fourth-order valence-electron chi connectivity index (χ4n) is 7.79. The van der Waals surface area contributed by atoms with Gasteiger partial charge in [-0.3, -0.25) is 14.4 Å². The molecule has 0 heterocycles. The van der Waals surface area contributed by atoms with Crippen LogP contribution in [0.15, 0.2) is 12.2 Å². The Morgan fingerprint density at radius 1 is 0.322 bits per heavy atom. The maximum absolute atomic E-state index is 12.8. The minimum Gasteiger partial charge on any atom is -0.462 e. The van der Waals surface area contributed by atoms with Gasteiger partial charge in [-0.15, -0.1) is 0 Å². The molecule has 0 aliphatic heterocycles. The molecule has 0 aliphatic rings. The summed E-state index contributed by atoms with van der Waals surface area (Å²) >= 11 is 0.